The van der Waals surface area contributed by atoms with Crippen LogP contribution in [-0.2, 0) is 14.3 Å². The van der Waals surface area contributed by atoms with E-state index in [0.717, 1.165) is 17.5 Å². The van der Waals surface area contributed by atoms with Gasteiger partial charge in [0.15, 0.2) is 12.4 Å². The van der Waals surface area contributed by atoms with E-state index in [2.05, 4.69) is 0 Å². The topological polar surface area (TPSA) is 63.7 Å². The van der Waals surface area contributed by atoms with Gasteiger partial charge in [-0.1, -0.05) is 12.1 Å². The number of carbonyl (C=O) groups excluding carboxylic acids is 3. The van der Waals surface area contributed by atoms with Crippen LogP contribution in [0, 0.1) is 13.8 Å². The highest BCUT2D eigenvalue weighted by molar-refractivity contribution is 8.01. The molecule has 128 valence electrons. The van der Waals surface area contributed by atoms with Crippen molar-refractivity contribution >= 4 is 29.4 Å². The van der Waals surface area contributed by atoms with Gasteiger partial charge >= 0.3 is 5.97 Å². The minimum atomic E-state index is -0.581. The summed E-state index contributed by atoms with van der Waals surface area (Å²) in [6, 6.07) is 4.84. The van der Waals surface area contributed by atoms with Gasteiger partial charge in [0.2, 0.25) is 5.91 Å². The summed E-state index contributed by atoms with van der Waals surface area (Å²) in [5.41, 5.74) is 2.67. The van der Waals surface area contributed by atoms with Crippen LogP contribution in [0.2, 0.25) is 0 Å². The number of thioether (sulfide) groups is 1. The second-order valence-electron chi connectivity index (χ2n) is 6.60. The quantitative estimate of drug-likeness (QED) is 0.618. The minimum absolute atomic E-state index is 0.00932. The smallest absolute Gasteiger partial charge is 0.330 e. The summed E-state index contributed by atoms with van der Waals surface area (Å²) in [4.78, 5) is 37.9. The number of hydrogen-bond acceptors (Lipinski definition) is 5. The van der Waals surface area contributed by atoms with E-state index in [1.807, 2.05) is 26.8 Å². The van der Waals surface area contributed by atoms with Gasteiger partial charge in [-0.15, -0.1) is 11.8 Å². The van der Waals surface area contributed by atoms with Crippen LogP contribution in [0.4, 0.5) is 0 Å². The van der Waals surface area contributed by atoms with Gasteiger partial charge in [0.05, 0.1) is 4.87 Å². The van der Waals surface area contributed by atoms with Crippen LogP contribution in [0.3, 0.4) is 0 Å². The summed E-state index contributed by atoms with van der Waals surface area (Å²) < 4.78 is 5.22. The summed E-state index contributed by atoms with van der Waals surface area (Å²) in [5, 5.41) is 0. The molecular formula is C18H21NO4S. The van der Waals surface area contributed by atoms with Gasteiger partial charge in [-0.3, -0.25) is 9.59 Å². The van der Waals surface area contributed by atoms with E-state index in [9.17, 15) is 14.4 Å². The minimum Gasteiger partial charge on any atom is -0.456 e. The van der Waals surface area contributed by atoms with E-state index in [1.54, 1.807) is 28.8 Å². The van der Waals surface area contributed by atoms with E-state index in [-0.39, 0.29) is 23.2 Å². The number of Topliss-reactive ketones (excluding diaryl/α,β-unsaturated/α-hetero) is 1. The lowest BCUT2D eigenvalue weighted by Gasteiger charge is -2.29. The zero-order valence-electron chi connectivity index (χ0n) is 14.1. The molecule has 0 N–H and O–H groups in total. The molecule has 1 aromatic rings. The van der Waals surface area contributed by atoms with E-state index >= 15 is 0 Å². The van der Waals surface area contributed by atoms with Crippen molar-refractivity contribution < 1.29 is 19.1 Å². The van der Waals surface area contributed by atoms with Crippen molar-refractivity contribution in [2.24, 2.45) is 0 Å². The van der Waals surface area contributed by atoms with Gasteiger partial charge in [0.1, 0.15) is 6.04 Å². The van der Waals surface area contributed by atoms with E-state index in [4.69, 9.17) is 4.74 Å². The maximum Gasteiger partial charge on any atom is 0.330 e. The van der Waals surface area contributed by atoms with Crippen molar-refractivity contribution in [1.82, 2.24) is 4.90 Å². The molecule has 1 amide bonds. The molecule has 0 saturated carbocycles. The summed E-state index contributed by atoms with van der Waals surface area (Å²) >= 11 is 1.61. The molecule has 0 unspecified atom stereocenters. The Kier molecular flexibility index (Phi) is 4.42. The number of ketones is 1. The Balaban J connectivity index is 1.62. The highest BCUT2D eigenvalue weighted by atomic mass is 32.2. The van der Waals surface area contributed by atoms with Crippen LogP contribution in [0.25, 0.3) is 0 Å². The van der Waals surface area contributed by atoms with Crippen molar-refractivity contribution in [1.29, 1.82) is 0 Å². The third-order valence-electron chi connectivity index (χ3n) is 4.89. The molecule has 0 aromatic heterocycles. The fourth-order valence-electron chi connectivity index (χ4n) is 3.23. The average Bonchev–Trinajstić information content (AvgIpc) is 3.04. The first-order valence-corrected chi connectivity index (χ1v) is 9.03. The number of nitrogens with zero attached hydrogens (tertiary/aromatic N) is 1. The normalized spacial score (nSPS) is 25.7. The lowest BCUT2D eigenvalue weighted by atomic mass is 10.0. The monoisotopic (exact) mass is 347 g/mol. The van der Waals surface area contributed by atoms with Gasteiger partial charge < -0.3 is 9.64 Å². The van der Waals surface area contributed by atoms with Crippen LogP contribution in [0.15, 0.2) is 18.2 Å². The molecule has 5 nitrogen and oxygen atoms in total. The number of amides is 1. The predicted molar refractivity (Wildman–Crippen MR) is 91.9 cm³/mol. The first kappa shape index (κ1) is 17.0. The lowest BCUT2D eigenvalue weighted by molar-refractivity contribution is -0.152. The third kappa shape index (κ3) is 2.95. The molecule has 0 aliphatic carbocycles. The Labute approximate surface area is 145 Å². The molecule has 2 fully saturated rings. The van der Waals surface area contributed by atoms with E-state index < -0.39 is 12.0 Å². The van der Waals surface area contributed by atoms with Gasteiger partial charge in [0, 0.05) is 17.7 Å². The van der Waals surface area contributed by atoms with Gasteiger partial charge in [-0.25, -0.2) is 4.79 Å². The standard InChI is InChI=1S/C18H21NO4S/c1-11-4-5-13(8-12(11)2)15(20)9-23-17(22)14-10-24-18(3)7-6-16(21)19(14)18/h4-5,8,14H,6-7,9-10H2,1-3H3/t14-,18+/m0/s1. The molecule has 0 bridgehead atoms. The van der Waals surface area contributed by atoms with Crippen LogP contribution < -0.4 is 0 Å². The highest BCUT2D eigenvalue weighted by Crippen LogP contribution is 2.47. The second-order valence-corrected chi connectivity index (χ2v) is 8.10. The molecule has 2 atom stereocenters. The molecule has 2 aliphatic rings. The molecule has 2 saturated heterocycles. The Morgan fingerprint density at radius 1 is 1.33 bits per heavy atom. The molecule has 3 rings (SSSR count). The summed E-state index contributed by atoms with van der Waals surface area (Å²) in [7, 11) is 0. The third-order valence-corrected chi connectivity index (χ3v) is 6.40. The second kappa shape index (κ2) is 6.24. The molecule has 0 radical (unpaired) electrons. The van der Waals surface area contributed by atoms with Crippen LogP contribution in [0.1, 0.15) is 41.3 Å². The number of esters is 1. The van der Waals surface area contributed by atoms with Crippen LogP contribution >= 0.6 is 11.8 Å². The average molecular weight is 347 g/mol. The Morgan fingerprint density at radius 2 is 2.08 bits per heavy atom. The van der Waals surface area contributed by atoms with Gasteiger partial charge in [0.25, 0.3) is 0 Å². The largest absolute Gasteiger partial charge is 0.456 e. The number of benzene rings is 1. The zero-order chi connectivity index (χ0) is 17.5. The first-order chi connectivity index (χ1) is 11.3. The molecule has 1 aromatic carbocycles. The number of fused-ring (bicyclic) bond motifs is 1. The fraction of sp³-hybridized carbons (Fsp3) is 0.500. The molecule has 6 heteroatoms. The SMILES string of the molecule is Cc1ccc(C(=O)COC(=O)[C@@H]2CS[C@]3(C)CCC(=O)N23)cc1C. The summed E-state index contributed by atoms with van der Waals surface area (Å²) in [6.45, 7) is 5.61. The maximum absolute atomic E-state index is 12.4. The molecule has 24 heavy (non-hydrogen) atoms. The van der Waals surface area contributed by atoms with Gasteiger partial charge in [-0.05, 0) is 44.4 Å². The Morgan fingerprint density at radius 3 is 2.79 bits per heavy atom. The van der Waals surface area contributed by atoms with Crippen molar-refractivity contribution in [3.8, 4) is 0 Å². The molecule has 2 heterocycles. The Bertz CT molecular complexity index is 717. The van der Waals surface area contributed by atoms with Crippen molar-refractivity contribution in [2.75, 3.05) is 12.4 Å². The van der Waals surface area contributed by atoms with Crippen LogP contribution in [0.5, 0.6) is 0 Å². The number of rotatable bonds is 4. The van der Waals surface area contributed by atoms with Crippen molar-refractivity contribution in [2.45, 2.75) is 44.5 Å². The van der Waals surface area contributed by atoms with E-state index in [1.165, 1.54) is 0 Å². The summed E-state index contributed by atoms with van der Waals surface area (Å²) in [5.74, 6) is -0.199. The first-order valence-electron chi connectivity index (χ1n) is 8.05. The molecular weight excluding hydrogens is 326 g/mol. The lowest BCUT2D eigenvalue weighted by Crippen LogP contribution is -2.46. The summed E-state index contributed by atoms with van der Waals surface area (Å²) in [6.07, 6.45) is 1.22. The van der Waals surface area contributed by atoms with E-state index in [0.29, 0.717) is 17.7 Å². The molecule has 2 aliphatic heterocycles. The van der Waals surface area contributed by atoms with Crippen molar-refractivity contribution in [3.63, 3.8) is 0 Å². The predicted octanol–water partition coefficient (Wildman–Crippen LogP) is 2.48. The van der Waals surface area contributed by atoms with Crippen molar-refractivity contribution in [3.05, 3.63) is 34.9 Å². The molecule has 0 spiro atoms. The number of ether oxygens (including phenoxy) is 1. The van der Waals surface area contributed by atoms with Gasteiger partial charge in [-0.2, -0.15) is 0 Å². The fourth-order valence-corrected chi connectivity index (χ4v) is 4.64. The maximum atomic E-state index is 12.4. The highest BCUT2D eigenvalue weighted by Gasteiger charge is 2.53. The Hall–Kier alpha value is -1.82. The zero-order valence-corrected chi connectivity index (χ0v) is 14.9. The van der Waals surface area contributed by atoms with Crippen LogP contribution in [-0.4, -0.2) is 45.8 Å². The number of carbonyl (C=O) groups is 3. The number of aryl methyl sites for hydroxylation is 2. The number of hydrogen-bond donors (Lipinski definition) is 0.